The molecule has 0 spiro atoms. The number of nitrogens with zero attached hydrogens (tertiary/aromatic N) is 3. The average Bonchev–Trinajstić information content (AvgIpc) is 3.32. The number of benzene rings is 4. The van der Waals surface area contributed by atoms with Crippen LogP contribution < -0.4 is 4.90 Å². The molecule has 5 rings (SSSR count). The average molecular weight is 389 g/mol. The smallest absolute Gasteiger partial charge is 0.248 e. The van der Waals surface area contributed by atoms with Crippen LogP contribution in [-0.4, -0.2) is 10.2 Å². The van der Waals surface area contributed by atoms with Crippen molar-refractivity contribution in [1.29, 1.82) is 0 Å². The summed E-state index contributed by atoms with van der Waals surface area (Å²) < 4.78 is 5.96. The Bertz CT molecular complexity index is 1200. The quantitative estimate of drug-likeness (QED) is 0.329. The van der Waals surface area contributed by atoms with E-state index in [2.05, 4.69) is 51.5 Å². The molecule has 0 aliphatic rings. The highest BCUT2D eigenvalue weighted by molar-refractivity contribution is 5.78. The van der Waals surface area contributed by atoms with Crippen LogP contribution in [0, 0.1) is 0 Å². The van der Waals surface area contributed by atoms with Gasteiger partial charge in [0.15, 0.2) is 0 Å². The molecule has 144 valence electrons. The molecular weight excluding hydrogens is 370 g/mol. The van der Waals surface area contributed by atoms with Crippen molar-refractivity contribution in [3.05, 3.63) is 115 Å². The fraction of sp³-hybridized carbons (Fsp3) is 0. The van der Waals surface area contributed by atoms with E-state index in [1.807, 2.05) is 78.9 Å². The highest BCUT2D eigenvalue weighted by Gasteiger charge is 2.15. The predicted octanol–water partition coefficient (Wildman–Crippen LogP) is 6.87. The number of hydrogen-bond donors (Lipinski definition) is 0. The first-order valence-corrected chi connectivity index (χ1v) is 9.78. The number of para-hydroxylation sites is 2. The summed E-state index contributed by atoms with van der Waals surface area (Å²) in [4.78, 5) is 2.21. The van der Waals surface area contributed by atoms with E-state index < -0.39 is 0 Å². The molecule has 0 bridgehead atoms. The number of hydrogen-bond acceptors (Lipinski definition) is 4. The molecule has 0 aliphatic heterocycles. The molecule has 30 heavy (non-hydrogen) atoms. The lowest BCUT2D eigenvalue weighted by atomic mass is 10.1. The minimum Gasteiger partial charge on any atom is -0.416 e. The summed E-state index contributed by atoms with van der Waals surface area (Å²) in [6.07, 6.45) is 0. The van der Waals surface area contributed by atoms with Crippen LogP contribution in [0.3, 0.4) is 0 Å². The van der Waals surface area contributed by atoms with Crippen molar-refractivity contribution in [3.8, 4) is 22.9 Å². The second-order valence-corrected chi connectivity index (χ2v) is 6.84. The third kappa shape index (κ3) is 3.59. The molecule has 0 fully saturated rings. The van der Waals surface area contributed by atoms with E-state index in [9.17, 15) is 0 Å². The first kappa shape index (κ1) is 17.9. The summed E-state index contributed by atoms with van der Waals surface area (Å²) in [6.45, 7) is 0. The van der Waals surface area contributed by atoms with Gasteiger partial charge in [-0.3, -0.25) is 0 Å². The topological polar surface area (TPSA) is 42.2 Å². The van der Waals surface area contributed by atoms with Gasteiger partial charge in [0, 0.05) is 28.2 Å². The van der Waals surface area contributed by atoms with Crippen LogP contribution in [0.25, 0.3) is 22.9 Å². The third-order valence-electron chi connectivity index (χ3n) is 4.83. The zero-order valence-electron chi connectivity index (χ0n) is 16.2. The van der Waals surface area contributed by atoms with Gasteiger partial charge < -0.3 is 9.32 Å². The standard InChI is InChI=1S/C26H19N3O/c1-4-11-20(12-5-1)25-27-28-26(30-25)21-13-10-18-24(19-21)29(22-14-6-2-7-15-22)23-16-8-3-9-17-23/h1-19H. The van der Waals surface area contributed by atoms with Gasteiger partial charge in [0.05, 0.1) is 0 Å². The summed E-state index contributed by atoms with van der Waals surface area (Å²) in [5, 5.41) is 8.50. The molecule has 0 atom stereocenters. The second kappa shape index (κ2) is 8.05. The lowest BCUT2D eigenvalue weighted by molar-refractivity contribution is 0.584. The first-order chi connectivity index (χ1) is 14.9. The van der Waals surface area contributed by atoms with E-state index in [4.69, 9.17) is 4.42 Å². The van der Waals surface area contributed by atoms with Gasteiger partial charge in [-0.25, -0.2) is 0 Å². The number of rotatable bonds is 5. The van der Waals surface area contributed by atoms with Crippen molar-refractivity contribution < 1.29 is 4.42 Å². The molecule has 5 aromatic rings. The van der Waals surface area contributed by atoms with Gasteiger partial charge in [-0.05, 0) is 54.6 Å². The van der Waals surface area contributed by atoms with Gasteiger partial charge in [0.2, 0.25) is 11.8 Å². The normalized spacial score (nSPS) is 10.7. The zero-order chi connectivity index (χ0) is 20.2. The van der Waals surface area contributed by atoms with Crippen LogP contribution in [-0.2, 0) is 0 Å². The Morgan fingerprint density at radius 1 is 0.467 bits per heavy atom. The summed E-state index contributed by atoms with van der Waals surface area (Å²) >= 11 is 0. The first-order valence-electron chi connectivity index (χ1n) is 9.78. The number of anilines is 3. The van der Waals surface area contributed by atoms with E-state index in [1.165, 1.54) is 0 Å². The van der Waals surface area contributed by atoms with Gasteiger partial charge in [0.1, 0.15) is 0 Å². The lowest BCUT2D eigenvalue weighted by Gasteiger charge is -2.25. The van der Waals surface area contributed by atoms with E-state index >= 15 is 0 Å². The van der Waals surface area contributed by atoms with E-state index in [-0.39, 0.29) is 0 Å². The molecule has 4 aromatic carbocycles. The SMILES string of the molecule is c1ccc(-c2nnc(-c3cccc(N(c4ccccc4)c4ccccc4)c3)o2)cc1. The van der Waals surface area contributed by atoms with Crippen molar-refractivity contribution in [2.45, 2.75) is 0 Å². The lowest BCUT2D eigenvalue weighted by Crippen LogP contribution is -2.09. The Hall–Kier alpha value is -4.18. The Morgan fingerprint density at radius 3 is 1.53 bits per heavy atom. The molecule has 0 saturated carbocycles. The summed E-state index contributed by atoms with van der Waals surface area (Å²) in [5.41, 5.74) is 4.96. The molecule has 0 unspecified atom stereocenters. The van der Waals surface area contributed by atoms with Crippen molar-refractivity contribution in [1.82, 2.24) is 10.2 Å². The van der Waals surface area contributed by atoms with Crippen LogP contribution in [0.5, 0.6) is 0 Å². The summed E-state index contributed by atoms with van der Waals surface area (Å²) in [5.74, 6) is 1.01. The maximum atomic E-state index is 5.96. The molecular formula is C26H19N3O. The van der Waals surface area contributed by atoms with Crippen LogP contribution in [0.4, 0.5) is 17.1 Å². The van der Waals surface area contributed by atoms with Crippen molar-refractivity contribution >= 4 is 17.1 Å². The summed E-state index contributed by atoms with van der Waals surface area (Å²) in [7, 11) is 0. The van der Waals surface area contributed by atoms with Crippen LogP contribution >= 0.6 is 0 Å². The maximum Gasteiger partial charge on any atom is 0.248 e. The molecule has 0 amide bonds. The molecule has 4 nitrogen and oxygen atoms in total. The zero-order valence-corrected chi connectivity index (χ0v) is 16.2. The van der Waals surface area contributed by atoms with Crippen molar-refractivity contribution in [2.24, 2.45) is 0 Å². The fourth-order valence-electron chi connectivity index (χ4n) is 3.42. The van der Waals surface area contributed by atoms with Gasteiger partial charge in [-0.1, -0.05) is 60.7 Å². The van der Waals surface area contributed by atoms with Crippen LogP contribution in [0.1, 0.15) is 0 Å². The summed E-state index contributed by atoms with van der Waals surface area (Å²) in [6, 6.07) is 38.5. The largest absolute Gasteiger partial charge is 0.416 e. The molecule has 0 aliphatic carbocycles. The van der Waals surface area contributed by atoms with Crippen LogP contribution in [0.2, 0.25) is 0 Å². The van der Waals surface area contributed by atoms with Crippen molar-refractivity contribution in [3.63, 3.8) is 0 Å². The molecule has 0 saturated heterocycles. The Labute approximate surface area is 175 Å². The fourth-order valence-corrected chi connectivity index (χ4v) is 3.42. The molecule has 1 heterocycles. The maximum absolute atomic E-state index is 5.96. The Kier molecular flexibility index (Phi) is 4.80. The van der Waals surface area contributed by atoms with Gasteiger partial charge in [-0.15, -0.1) is 10.2 Å². The predicted molar refractivity (Wildman–Crippen MR) is 120 cm³/mol. The van der Waals surface area contributed by atoms with Gasteiger partial charge >= 0.3 is 0 Å². The van der Waals surface area contributed by atoms with E-state index in [1.54, 1.807) is 0 Å². The Balaban J connectivity index is 1.56. The second-order valence-electron chi connectivity index (χ2n) is 6.84. The monoisotopic (exact) mass is 389 g/mol. The highest BCUT2D eigenvalue weighted by Crippen LogP contribution is 2.36. The van der Waals surface area contributed by atoms with E-state index in [0.717, 1.165) is 28.2 Å². The third-order valence-corrected chi connectivity index (χ3v) is 4.83. The van der Waals surface area contributed by atoms with Crippen LogP contribution in [0.15, 0.2) is 120 Å². The Morgan fingerprint density at radius 2 is 0.933 bits per heavy atom. The minimum atomic E-state index is 0.497. The highest BCUT2D eigenvalue weighted by atomic mass is 16.4. The molecule has 4 heteroatoms. The number of aromatic nitrogens is 2. The van der Waals surface area contributed by atoms with Gasteiger partial charge in [-0.2, -0.15) is 0 Å². The van der Waals surface area contributed by atoms with Gasteiger partial charge in [0.25, 0.3) is 0 Å². The molecule has 0 radical (unpaired) electrons. The van der Waals surface area contributed by atoms with E-state index in [0.29, 0.717) is 11.8 Å². The molecule has 1 aromatic heterocycles. The minimum absolute atomic E-state index is 0.497. The van der Waals surface area contributed by atoms with Crippen molar-refractivity contribution in [2.75, 3.05) is 4.90 Å². The molecule has 0 N–H and O–H groups in total.